The zero-order valence-corrected chi connectivity index (χ0v) is 7.21. The van der Waals surface area contributed by atoms with Gasteiger partial charge in [-0.05, 0) is 7.05 Å². The first-order valence-corrected chi connectivity index (χ1v) is 4.12. The highest BCUT2D eigenvalue weighted by Crippen LogP contribution is 1.98. The zero-order chi connectivity index (χ0) is 8.10. The minimum Gasteiger partial charge on any atom is -0.395 e. The van der Waals surface area contributed by atoms with Crippen molar-refractivity contribution in [1.29, 1.82) is 0 Å². The Morgan fingerprint density at radius 1 is 1.73 bits per heavy atom. The van der Waals surface area contributed by atoms with E-state index in [1.165, 1.54) is 11.7 Å². The molecule has 0 fully saturated rings. The summed E-state index contributed by atoms with van der Waals surface area (Å²) < 4.78 is 7.92. The predicted octanol–water partition coefficient (Wildman–Crippen LogP) is -0.0378. The maximum absolute atomic E-state index is 8.59. The van der Waals surface area contributed by atoms with Gasteiger partial charge < -0.3 is 5.11 Å². The largest absolute Gasteiger partial charge is 0.395 e. The van der Waals surface area contributed by atoms with Gasteiger partial charge in [-0.25, -0.2) is 0 Å². The molecule has 1 aromatic heterocycles. The van der Waals surface area contributed by atoms with Gasteiger partial charge in [0.05, 0.1) is 30.2 Å². The lowest BCUT2D eigenvalue weighted by atomic mass is 10.4. The Balaban J connectivity index is 2.31. The number of nitrogens with zero attached hydrogens (tertiary/aromatic N) is 3. The third-order valence-electron chi connectivity index (χ3n) is 1.32. The summed E-state index contributed by atoms with van der Waals surface area (Å²) in [5, 5.41) is 8.59. The topological polar surface area (TPSA) is 49.2 Å². The van der Waals surface area contributed by atoms with Gasteiger partial charge in [0.25, 0.3) is 0 Å². The molecule has 1 N–H and O–H groups in total. The molecular formula is C6H11N3OS. The number of aromatic nitrogens is 2. The summed E-state index contributed by atoms with van der Waals surface area (Å²) in [6, 6.07) is 0. The molecule has 0 saturated carbocycles. The summed E-state index contributed by atoms with van der Waals surface area (Å²) in [4.78, 5) is 2.00. The van der Waals surface area contributed by atoms with E-state index in [0.717, 1.165) is 12.2 Å². The van der Waals surface area contributed by atoms with E-state index >= 15 is 0 Å². The first kappa shape index (κ1) is 8.58. The van der Waals surface area contributed by atoms with Crippen LogP contribution >= 0.6 is 11.7 Å². The Kier molecular flexibility index (Phi) is 3.41. The molecule has 1 rings (SSSR count). The van der Waals surface area contributed by atoms with E-state index in [9.17, 15) is 0 Å². The Hall–Kier alpha value is -0.520. The van der Waals surface area contributed by atoms with Gasteiger partial charge >= 0.3 is 0 Å². The molecule has 0 bridgehead atoms. The Bertz CT molecular complexity index is 190. The van der Waals surface area contributed by atoms with E-state index < -0.39 is 0 Å². The number of rotatable bonds is 4. The van der Waals surface area contributed by atoms with Crippen LogP contribution in [0.25, 0.3) is 0 Å². The number of aliphatic hydroxyl groups excluding tert-OH is 1. The predicted molar refractivity (Wildman–Crippen MR) is 43.3 cm³/mol. The van der Waals surface area contributed by atoms with E-state index in [0.29, 0.717) is 6.54 Å². The normalized spacial score (nSPS) is 10.8. The van der Waals surface area contributed by atoms with Gasteiger partial charge in [-0.1, -0.05) is 0 Å². The minimum absolute atomic E-state index is 0.189. The fourth-order valence-corrected chi connectivity index (χ4v) is 1.21. The average Bonchev–Trinajstić information content (AvgIpc) is 2.40. The Morgan fingerprint density at radius 3 is 3.09 bits per heavy atom. The first-order chi connectivity index (χ1) is 5.33. The van der Waals surface area contributed by atoms with Crippen LogP contribution < -0.4 is 0 Å². The molecule has 11 heavy (non-hydrogen) atoms. The summed E-state index contributed by atoms with van der Waals surface area (Å²) in [7, 11) is 1.94. The lowest BCUT2D eigenvalue weighted by Crippen LogP contribution is -2.21. The first-order valence-electron chi connectivity index (χ1n) is 3.39. The minimum atomic E-state index is 0.189. The van der Waals surface area contributed by atoms with Gasteiger partial charge in [0, 0.05) is 13.1 Å². The van der Waals surface area contributed by atoms with Gasteiger partial charge in [0.1, 0.15) is 0 Å². The highest BCUT2D eigenvalue weighted by Gasteiger charge is 2.00. The molecule has 0 saturated heterocycles. The van der Waals surface area contributed by atoms with E-state index in [-0.39, 0.29) is 6.61 Å². The highest BCUT2D eigenvalue weighted by molar-refractivity contribution is 6.99. The molecule has 0 aliphatic carbocycles. The van der Waals surface area contributed by atoms with Crippen molar-refractivity contribution in [3.05, 3.63) is 11.9 Å². The molecule has 62 valence electrons. The fraction of sp³-hybridized carbons (Fsp3) is 0.667. The van der Waals surface area contributed by atoms with Crippen molar-refractivity contribution < 1.29 is 5.11 Å². The average molecular weight is 173 g/mol. The molecule has 0 aromatic carbocycles. The Labute approximate surface area is 69.8 Å². The van der Waals surface area contributed by atoms with Gasteiger partial charge in [-0.3, -0.25) is 4.90 Å². The lowest BCUT2D eigenvalue weighted by Gasteiger charge is -2.11. The molecule has 0 amide bonds. The second kappa shape index (κ2) is 4.38. The highest BCUT2D eigenvalue weighted by atomic mass is 32.1. The lowest BCUT2D eigenvalue weighted by molar-refractivity contribution is 0.216. The van der Waals surface area contributed by atoms with Crippen LogP contribution in [0.2, 0.25) is 0 Å². The van der Waals surface area contributed by atoms with Crippen molar-refractivity contribution in [2.75, 3.05) is 20.2 Å². The molecule has 1 heterocycles. The van der Waals surface area contributed by atoms with Crippen LogP contribution in [0.15, 0.2) is 6.20 Å². The fourth-order valence-electron chi connectivity index (χ4n) is 0.780. The second-order valence-corrected chi connectivity index (χ2v) is 2.92. The summed E-state index contributed by atoms with van der Waals surface area (Å²) in [5.74, 6) is 0. The molecular weight excluding hydrogens is 162 g/mol. The van der Waals surface area contributed by atoms with E-state index in [2.05, 4.69) is 8.75 Å². The van der Waals surface area contributed by atoms with Crippen LogP contribution in [0.5, 0.6) is 0 Å². The molecule has 5 heteroatoms. The van der Waals surface area contributed by atoms with E-state index in [1.54, 1.807) is 6.20 Å². The summed E-state index contributed by atoms with van der Waals surface area (Å²) in [6.07, 6.45) is 1.75. The van der Waals surface area contributed by atoms with Crippen LogP contribution in [0, 0.1) is 0 Å². The zero-order valence-electron chi connectivity index (χ0n) is 6.40. The maximum Gasteiger partial charge on any atom is 0.0882 e. The van der Waals surface area contributed by atoms with Crippen LogP contribution in [0.3, 0.4) is 0 Å². The van der Waals surface area contributed by atoms with Crippen LogP contribution in [-0.2, 0) is 6.54 Å². The second-order valence-electron chi connectivity index (χ2n) is 2.36. The van der Waals surface area contributed by atoms with Crippen molar-refractivity contribution in [3.63, 3.8) is 0 Å². The summed E-state index contributed by atoms with van der Waals surface area (Å²) >= 11 is 1.21. The molecule has 1 aromatic rings. The van der Waals surface area contributed by atoms with Crippen molar-refractivity contribution >= 4 is 11.7 Å². The molecule has 0 aliphatic heterocycles. The smallest absolute Gasteiger partial charge is 0.0882 e. The summed E-state index contributed by atoms with van der Waals surface area (Å²) in [6.45, 7) is 1.63. The molecule has 0 spiro atoms. The van der Waals surface area contributed by atoms with Crippen LogP contribution in [0.4, 0.5) is 0 Å². The summed E-state index contributed by atoms with van der Waals surface area (Å²) in [5.41, 5.74) is 0.964. The number of hydrogen-bond donors (Lipinski definition) is 1. The molecule has 0 radical (unpaired) electrons. The molecule has 4 nitrogen and oxygen atoms in total. The SMILES string of the molecule is CN(CCO)Cc1cnsn1. The quantitative estimate of drug-likeness (QED) is 0.694. The number of aliphatic hydroxyl groups is 1. The molecule has 0 aliphatic rings. The van der Waals surface area contributed by atoms with Crippen molar-refractivity contribution in [2.24, 2.45) is 0 Å². The standard InChI is InChI=1S/C6H11N3OS/c1-9(2-3-10)5-6-4-7-11-8-6/h4,10H,2-3,5H2,1H3. The van der Waals surface area contributed by atoms with Crippen LogP contribution in [-0.4, -0.2) is 39.0 Å². The van der Waals surface area contributed by atoms with Gasteiger partial charge in [0.15, 0.2) is 0 Å². The molecule has 0 atom stereocenters. The van der Waals surface area contributed by atoms with Gasteiger partial charge in [-0.15, -0.1) is 0 Å². The van der Waals surface area contributed by atoms with Crippen molar-refractivity contribution in [1.82, 2.24) is 13.6 Å². The van der Waals surface area contributed by atoms with E-state index in [4.69, 9.17) is 5.11 Å². The molecule has 0 unspecified atom stereocenters. The number of likely N-dealkylation sites (N-methyl/N-ethyl adjacent to an activating group) is 1. The maximum atomic E-state index is 8.59. The van der Waals surface area contributed by atoms with Gasteiger partial charge in [-0.2, -0.15) is 8.75 Å². The third-order valence-corrected chi connectivity index (χ3v) is 1.84. The van der Waals surface area contributed by atoms with Gasteiger partial charge in [0.2, 0.25) is 0 Å². The van der Waals surface area contributed by atoms with Crippen LogP contribution in [0.1, 0.15) is 5.69 Å². The number of hydrogen-bond acceptors (Lipinski definition) is 5. The monoisotopic (exact) mass is 173 g/mol. The van der Waals surface area contributed by atoms with E-state index in [1.807, 2.05) is 11.9 Å². The van der Waals surface area contributed by atoms with Crippen molar-refractivity contribution in [2.45, 2.75) is 6.54 Å². The third kappa shape index (κ3) is 2.92. The van der Waals surface area contributed by atoms with Crippen molar-refractivity contribution in [3.8, 4) is 0 Å². The Morgan fingerprint density at radius 2 is 2.55 bits per heavy atom.